The van der Waals surface area contributed by atoms with Crippen LogP contribution in [-0.2, 0) is 9.59 Å². The highest BCUT2D eigenvalue weighted by Gasteiger charge is 2.50. The van der Waals surface area contributed by atoms with Crippen LogP contribution in [0.1, 0.15) is 23.7 Å². The van der Waals surface area contributed by atoms with Gasteiger partial charge in [0, 0.05) is 6.07 Å². The van der Waals surface area contributed by atoms with Gasteiger partial charge in [-0.15, -0.1) is 0 Å². The SMILES string of the molecule is C[C@H]1C=CC[C@@H]2C(=O)N(c3cccc(OC(=O)c4ccccc4F)c3)C(=O)[C@@H]21. The van der Waals surface area contributed by atoms with Gasteiger partial charge < -0.3 is 4.74 Å². The Balaban J connectivity index is 1.59. The first-order valence-corrected chi connectivity index (χ1v) is 9.08. The van der Waals surface area contributed by atoms with Crippen molar-refractivity contribution < 1.29 is 23.5 Å². The van der Waals surface area contributed by atoms with E-state index in [-0.39, 0.29) is 40.9 Å². The lowest BCUT2D eigenvalue weighted by Gasteiger charge is -2.22. The maximum Gasteiger partial charge on any atom is 0.346 e. The zero-order chi connectivity index (χ0) is 19.8. The largest absolute Gasteiger partial charge is 0.423 e. The third-order valence-electron chi connectivity index (χ3n) is 5.25. The van der Waals surface area contributed by atoms with Crippen molar-refractivity contribution in [2.45, 2.75) is 13.3 Å². The third-order valence-corrected chi connectivity index (χ3v) is 5.25. The Morgan fingerprint density at radius 2 is 1.89 bits per heavy atom. The lowest BCUT2D eigenvalue weighted by atomic mass is 9.78. The van der Waals surface area contributed by atoms with Gasteiger partial charge in [0.25, 0.3) is 0 Å². The van der Waals surface area contributed by atoms with Crippen molar-refractivity contribution in [3.8, 4) is 5.75 Å². The number of carbonyl (C=O) groups excluding carboxylic acids is 3. The van der Waals surface area contributed by atoms with Gasteiger partial charge in [0.15, 0.2) is 0 Å². The number of halogens is 1. The van der Waals surface area contributed by atoms with Gasteiger partial charge in [-0.2, -0.15) is 0 Å². The molecule has 6 heteroatoms. The van der Waals surface area contributed by atoms with Crippen LogP contribution in [0.3, 0.4) is 0 Å². The van der Waals surface area contributed by atoms with Gasteiger partial charge in [0.05, 0.1) is 23.1 Å². The van der Waals surface area contributed by atoms with E-state index in [1.165, 1.54) is 41.3 Å². The van der Waals surface area contributed by atoms with Gasteiger partial charge in [-0.3, -0.25) is 9.59 Å². The topological polar surface area (TPSA) is 63.7 Å². The quantitative estimate of drug-likeness (QED) is 0.353. The molecule has 1 heterocycles. The first kappa shape index (κ1) is 18.1. The maximum absolute atomic E-state index is 13.8. The molecule has 0 unspecified atom stereocenters. The predicted octanol–water partition coefficient (Wildman–Crippen LogP) is 3.75. The number of hydrogen-bond acceptors (Lipinski definition) is 4. The van der Waals surface area contributed by atoms with E-state index >= 15 is 0 Å². The van der Waals surface area contributed by atoms with Crippen LogP contribution in [0, 0.1) is 23.6 Å². The number of ether oxygens (including phenoxy) is 1. The molecule has 4 rings (SSSR count). The Hall–Kier alpha value is -3.28. The van der Waals surface area contributed by atoms with Crippen molar-refractivity contribution in [2.24, 2.45) is 17.8 Å². The van der Waals surface area contributed by atoms with Gasteiger partial charge in [-0.05, 0) is 36.6 Å². The average molecular weight is 379 g/mol. The lowest BCUT2D eigenvalue weighted by molar-refractivity contribution is -0.122. The zero-order valence-corrected chi connectivity index (χ0v) is 15.2. The van der Waals surface area contributed by atoms with Crippen molar-refractivity contribution in [2.75, 3.05) is 4.90 Å². The van der Waals surface area contributed by atoms with Crippen LogP contribution in [0.4, 0.5) is 10.1 Å². The summed E-state index contributed by atoms with van der Waals surface area (Å²) in [6.45, 7) is 1.93. The summed E-state index contributed by atoms with van der Waals surface area (Å²) in [5, 5.41) is 0. The minimum absolute atomic E-state index is 0.0118. The van der Waals surface area contributed by atoms with E-state index in [1.54, 1.807) is 12.1 Å². The van der Waals surface area contributed by atoms with E-state index in [0.717, 1.165) is 0 Å². The molecule has 5 nitrogen and oxygen atoms in total. The van der Waals surface area contributed by atoms with Crippen molar-refractivity contribution >= 4 is 23.5 Å². The predicted molar refractivity (Wildman–Crippen MR) is 100 cm³/mol. The Morgan fingerprint density at radius 3 is 2.64 bits per heavy atom. The summed E-state index contributed by atoms with van der Waals surface area (Å²) >= 11 is 0. The number of amides is 2. The molecule has 1 saturated heterocycles. The molecule has 0 spiro atoms. The zero-order valence-electron chi connectivity index (χ0n) is 15.2. The summed E-state index contributed by atoms with van der Waals surface area (Å²) in [5.41, 5.74) is 0.155. The van der Waals surface area contributed by atoms with Gasteiger partial charge in [-0.25, -0.2) is 14.1 Å². The van der Waals surface area contributed by atoms with Crippen LogP contribution in [0.5, 0.6) is 5.75 Å². The number of anilines is 1. The molecule has 1 aliphatic carbocycles. The molecule has 0 N–H and O–H groups in total. The van der Waals surface area contributed by atoms with E-state index in [1.807, 2.05) is 19.1 Å². The van der Waals surface area contributed by atoms with Crippen LogP contribution < -0.4 is 9.64 Å². The second-order valence-corrected chi connectivity index (χ2v) is 7.03. The standard InChI is InChI=1S/C22H18FNO4/c1-13-6-4-10-17-19(13)21(26)24(20(17)25)14-7-5-8-15(12-14)28-22(27)16-9-2-3-11-18(16)23/h2-9,11-13,17,19H,10H2,1H3/t13-,17-,19+/m0/s1. The second-order valence-electron chi connectivity index (χ2n) is 7.03. The van der Waals surface area contributed by atoms with Crippen LogP contribution in [-0.4, -0.2) is 17.8 Å². The highest BCUT2D eigenvalue weighted by molar-refractivity contribution is 6.22. The van der Waals surface area contributed by atoms with Gasteiger partial charge in [0.2, 0.25) is 11.8 Å². The third kappa shape index (κ3) is 3.01. The van der Waals surface area contributed by atoms with Gasteiger partial charge in [0.1, 0.15) is 11.6 Å². The highest BCUT2D eigenvalue weighted by atomic mass is 19.1. The number of hydrogen-bond donors (Lipinski definition) is 0. The summed E-state index contributed by atoms with van der Waals surface area (Å²) in [4.78, 5) is 39.1. The maximum atomic E-state index is 13.8. The number of nitrogens with zero attached hydrogens (tertiary/aromatic N) is 1. The van der Waals surface area contributed by atoms with E-state index < -0.39 is 11.8 Å². The monoisotopic (exact) mass is 379 g/mol. The normalized spacial score (nSPS) is 23.6. The molecule has 1 fully saturated rings. The summed E-state index contributed by atoms with van der Waals surface area (Å²) in [6, 6.07) is 11.7. The molecule has 3 atom stereocenters. The molecule has 0 radical (unpaired) electrons. The highest BCUT2D eigenvalue weighted by Crippen LogP contribution is 2.40. The second kappa shape index (κ2) is 7.03. The van der Waals surface area contributed by atoms with Crippen LogP contribution in [0.25, 0.3) is 0 Å². The summed E-state index contributed by atoms with van der Waals surface area (Å²) < 4.78 is 19.0. The fraction of sp³-hybridized carbons (Fsp3) is 0.227. The van der Waals surface area contributed by atoms with Crippen LogP contribution >= 0.6 is 0 Å². The molecule has 0 aromatic heterocycles. The van der Waals surface area contributed by atoms with E-state index in [4.69, 9.17) is 4.74 Å². The molecule has 28 heavy (non-hydrogen) atoms. The number of imide groups is 1. The number of esters is 1. The molecule has 0 saturated carbocycles. The molecule has 1 aliphatic heterocycles. The number of carbonyl (C=O) groups is 3. The molecular weight excluding hydrogens is 361 g/mol. The van der Waals surface area contributed by atoms with Gasteiger partial charge >= 0.3 is 5.97 Å². The average Bonchev–Trinajstić information content (AvgIpc) is 2.94. The number of fused-ring (bicyclic) bond motifs is 1. The number of allylic oxidation sites excluding steroid dienone is 2. The Morgan fingerprint density at radius 1 is 1.11 bits per heavy atom. The fourth-order valence-corrected chi connectivity index (χ4v) is 3.88. The molecule has 0 bridgehead atoms. The lowest BCUT2D eigenvalue weighted by Crippen LogP contribution is -2.31. The van der Waals surface area contributed by atoms with Crippen molar-refractivity contribution in [1.82, 2.24) is 0 Å². The first-order chi connectivity index (χ1) is 13.5. The molecule has 142 valence electrons. The van der Waals surface area contributed by atoms with Crippen LogP contribution in [0.2, 0.25) is 0 Å². The Bertz CT molecular complexity index is 1000. The van der Waals surface area contributed by atoms with Gasteiger partial charge in [-0.1, -0.05) is 37.3 Å². The molecule has 2 aromatic rings. The molecule has 2 amide bonds. The Labute approximate surface area is 161 Å². The van der Waals surface area contributed by atoms with Crippen molar-refractivity contribution in [1.29, 1.82) is 0 Å². The van der Waals surface area contributed by atoms with E-state index in [2.05, 4.69) is 0 Å². The van der Waals surface area contributed by atoms with E-state index in [0.29, 0.717) is 12.1 Å². The molecular formula is C22H18FNO4. The molecule has 2 aliphatic rings. The smallest absolute Gasteiger partial charge is 0.346 e. The number of rotatable bonds is 3. The van der Waals surface area contributed by atoms with Crippen LogP contribution in [0.15, 0.2) is 60.7 Å². The summed E-state index contributed by atoms with van der Waals surface area (Å²) in [5.74, 6) is -2.64. The van der Waals surface area contributed by atoms with Crippen molar-refractivity contribution in [3.05, 3.63) is 72.1 Å². The minimum Gasteiger partial charge on any atom is -0.423 e. The van der Waals surface area contributed by atoms with Crippen molar-refractivity contribution in [3.63, 3.8) is 0 Å². The van der Waals surface area contributed by atoms with E-state index in [9.17, 15) is 18.8 Å². The number of benzene rings is 2. The summed E-state index contributed by atoms with van der Waals surface area (Å²) in [6.07, 6.45) is 4.44. The fourth-order valence-electron chi connectivity index (χ4n) is 3.88. The first-order valence-electron chi connectivity index (χ1n) is 9.08. The minimum atomic E-state index is -0.846. The Kier molecular flexibility index (Phi) is 4.55. The molecule has 2 aromatic carbocycles. The summed E-state index contributed by atoms with van der Waals surface area (Å²) in [7, 11) is 0.